The van der Waals surface area contributed by atoms with Gasteiger partial charge >= 0.3 is 0 Å². The summed E-state index contributed by atoms with van der Waals surface area (Å²) in [6.45, 7) is 0.330. The molecule has 4 rings (SSSR count). The van der Waals surface area contributed by atoms with Crippen LogP contribution in [0.15, 0.2) is 78.9 Å². The lowest BCUT2D eigenvalue weighted by atomic mass is 9.96. The first-order valence-corrected chi connectivity index (χ1v) is 11.4. The number of aromatic hydroxyl groups is 2. The maximum Gasteiger partial charge on any atom is 0.170 e. The lowest BCUT2D eigenvalue weighted by molar-refractivity contribution is 0.289. The molecule has 0 spiro atoms. The first-order chi connectivity index (χ1) is 16.5. The summed E-state index contributed by atoms with van der Waals surface area (Å²) in [5, 5.41) is 21.8. The van der Waals surface area contributed by atoms with Crippen LogP contribution in [-0.4, -0.2) is 24.4 Å². The molecule has 0 aliphatic heterocycles. The van der Waals surface area contributed by atoms with Crippen molar-refractivity contribution in [2.75, 3.05) is 14.2 Å². The molecule has 5 nitrogen and oxygen atoms in total. The minimum atomic E-state index is -0.0764. The average molecular weight is 475 g/mol. The van der Waals surface area contributed by atoms with Crippen molar-refractivity contribution in [3.63, 3.8) is 0 Å². The summed E-state index contributed by atoms with van der Waals surface area (Å²) in [4.78, 5) is 0. The fraction of sp³-hybridized carbons (Fsp3) is 0.143. The van der Waals surface area contributed by atoms with E-state index in [1.54, 1.807) is 18.2 Å². The Bertz CT molecular complexity index is 1270. The van der Waals surface area contributed by atoms with E-state index in [9.17, 15) is 10.2 Å². The minimum absolute atomic E-state index is 0.0414. The van der Waals surface area contributed by atoms with E-state index in [4.69, 9.17) is 14.2 Å². The second-order valence-electron chi connectivity index (χ2n) is 7.70. The molecule has 0 aromatic heterocycles. The Balaban J connectivity index is 1.71. The summed E-state index contributed by atoms with van der Waals surface area (Å²) in [6, 6.07) is 24.4. The van der Waals surface area contributed by atoms with E-state index in [-0.39, 0.29) is 11.5 Å². The molecule has 174 valence electrons. The summed E-state index contributed by atoms with van der Waals surface area (Å²) in [6.07, 6.45) is 0. The van der Waals surface area contributed by atoms with Crippen molar-refractivity contribution in [1.29, 1.82) is 0 Å². The van der Waals surface area contributed by atoms with Crippen LogP contribution >= 0.6 is 12.6 Å². The zero-order valence-corrected chi connectivity index (χ0v) is 19.9. The maximum atomic E-state index is 11.2. The van der Waals surface area contributed by atoms with Crippen molar-refractivity contribution in [1.82, 2.24) is 0 Å². The van der Waals surface area contributed by atoms with E-state index in [0.29, 0.717) is 46.3 Å². The highest BCUT2D eigenvalue weighted by molar-refractivity contribution is 7.79. The van der Waals surface area contributed by atoms with Crippen LogP contribution < -0.4 is 14.2 Å². The summed E-state index contributed by atoms with van der Waals surface area (Å²) < 4.78 is 17.0. The Kier molecular flexibility index (Phi) is 7.18. The molecule has 0 atom stereocenters. The van der Waals surface area contributed by atoms with Gasteiger partial charge in [-0.2, -0.15) is 12.6 Å². The van der Waals surface area contributed by atoms with Crippen LogP contribution in [0.25, 0.3) is 22.3 Å². The lowest BCUT2D eigenvalue weighted by Gasteiger charge is -2.18. The van der Waals surface area contributed by atoms with Gasteiger partial charge in [0.2, 0.25) is 0 Å². The van der Waals surface area contributed by atoms with Gasteiger partial charge in [0.15, 0.2) is 23.0 Å². The molecule has 0 unspecified atom stereocenters. The van der Waals surface area contributed by atoms with Gasteiger partial charge in [0.05, 0.1) is 19.8 Å². The smallest absolute Gasteiger partial charge is 0.170 e. The normalized spacial score (nSPS) is 10.7. The Labute approximate surface area is 204 Å². The molecule has 0 aliphatic rings. The number of benzene rings is 4. The van der Waals surface area contributed by atoms with Crippen LogP contribution in [-0.2, 0) is 12.4 Å². The van der Waals surface area contributed by atoms with E-state index in [0.717, 1.165) is 16.7 Å². The number of methoxy groups -OCH3 is 2. The molecule has 0 fully saturated rings. The highest BCUT2D eigenvalue weighted by Crippen LogP contribution is 2.50. The molecule has 2 N–H and O–H groups in total. The van der Waals surface area contributed by atoms with Gasteiger partial charge in [-0.1, -0.05) is 60.7 Å². The van der Waals surface area contributed by atoms with E-state index in [2.05, 4.69) is 12.6 Å². The van der Waals surface area contributed by atoms with Crippen molar-refractivity contribution in [2.24, 2.45) is 0 Å². The van der Waals surface area contributed by atoms with Gasteiger partial charge in [-0.3, -0.25) is 0 Å². The van der Waals surface area contributed by atoms with Gasteiger partial charge in [0, 0.05) is 11.3 Å². The summed E-state index contributed by atoms with van der Waals surface area (Å²) in [7, 11) is 3.05. The van der Waals surface area contributed by atoms with E-state index in [1.165, 1.54) is 14.2 Å². The molecular weight excluding hydrogens is 448 g/mol. The Hall–Kier alpha value is -3.77. The van der Waals surface area contributed by atoms with Gasteiger partial charge in [-0.15, -0.1) is 0 Å². The molecule has 6 heteroatoms. The average Bonchev–Trinajstić information content (AvgIpc) is 2.88. The molecule has 0 saturated carbocycles. The Morgan fingerprint density at radius 2 is 1.44 bits per heavy atom. The van der Waals surface area contributed by atoms with Crippen molar-refractivity contribution < 1.29 is 24.4 Å². The molecule has 0 aliphatic carbocycles. The van der Waals surface area contributed by atoms with Gasteiger partial charge < -0.3 is 24.4 Å². The van der Waals surface area contributed by atoms with Crippen LogP contribution in [0.1, 0.15) is 11.1 Å². The zero-order valence-electron chi connectivity index (χ0n) is 19.0. The molecule has 0 amide bonds. The molecule has 0 heterocycles. The number of rotatable bonds is 8. The third-order valence-electron chi connectivity index (χ3n) is 5.57. The van der Waals surface area contributed by atoms with Crippen LogP contribution in [0.2, 0.25) is 0 Å². The standard InChI is InChI=1S/C28H26O5S/c1-31-25-15-22(20-10-8-19(17-34)9-11-20)28(32-2)27(30)26(25)21-12-13-24(23(29)14-21)33-16-18-6-4-3-5-7-18/h3-15,29-30,34H,16-17H2,1-2H3. The summed E-state index contributed by atoms with van der Waals surface area (Å²) in [5.41, 5.74) is 4.62. The first kappa shape index (κ1) is 23.4. The zero-order chi connectivity index (χ0) is 24.1. The van der Waals surface area contributed by atoms with Gasteiger partial charge in [0.25, 0.3) is 0 Å². The Morgan fingerprint density at radius 3 is 2.06 bits per heavy atom. The molecule has 4 aromatic rings. The monoisotopic (exact) mass is 474 g/mol. The van der Waals surface area contributed by atoms with Crippen LogP contribution in [0.4, 0.5) is 0 Å². The highest BCUT2D eigenvalue weighted by Gasteiger charge is 2.22. The number of ether oxygens (including phenoxy) is 3. The summed E-state index contributed by atoms with van der Waals surface area (Å²) in [5.74, 6) is 1.63. The molecule has 34 heavy (non-hydrogen) atoms. The second kappa shape index (κ2) is 10.4. The number of thiol groups is 1. The minimum Gasteiger partial charge on any atom is -0.504 e. The topological polar surface area (TPSA) is 68.2 Å². The molecule has 0 bridgehead atoms. The fourth-order valence-corrected chi connectivity index (χ4v) is 4.02. The van der Waals surface area contributed by atoms with Crippen molar-refractivity contribution in [3.8, 4) is 51.0 Å². The van der Waals surface area contributed by atoms with Gasteiger partial charge in [0.1, 0.15) is 12.4 Å². The quantitative estimate of drug-likeness (QED) is 0.256. The third-order valence-corrected chi connectivity index (χ3v) is 5.94. The van der Waals surface area contributed by atoms with Gasteiger partial charge in [-0.05, 0) is 40.5 Å². The molecule has 0 radical (unpaired) electrons. The van der Waals surface area contributed by atoms with Crippen LogP contribution in [0.3, 0.4) is 0 Å². The van der Waals surface area contributed by atoms with Crippen LogP contribution in [0.5, 0.6) is 28.7 Å². The molecular formula is C28H26O5S. The largest absolute Gasteiger partial charge is 0.504 e. The third kappa shape index (κ3) is 4.77. The number of phenols is 2. The SMILES string of the molecule is COc1cc(-c2ccc(CS)cc2)c(OC)c(O)c1-c1ccc(OCc2ccccc2)c(O)c1. The fourth-order valence-electron chi connectivity index (χ4n) is 3.81. The first-order valence-electron chi connectivity index (χ1n) is 10.7. The number of phenolic OH excluding ortho intramolecular Hbond substituents is 2. The predicted octanol–water partition coefficient (Wildman–Crippen LogP) is 6.46. The number of hydrogen-bond donors (Lipinski definition) is 3. The predicted molar refractivity (Wildman–Crippen MR) is 137 cm³/mol. The maximum absolute atomic E-state index is 11.2. The van der Waals surface area contributed by atoms with Crippen molar-refractivity contribution in [2.45, 2.75) is 12.4 Å². The van der Waals surface area contributed by atoms with Crippen LogP contribution in [0, 0.1) is 0 Å². The van der Waals surface area contributed by atoms with E-state index >= 15 is 0 Å². The Morgan fingerprint density at radius 1 is 0.735 bits per heavy atom. The van der Waals surface area contributed by atoms with Crippen molar-refractivity contribution >= 4 is 12.6 Å². The van der Waals surface area contributed by atoms with Crippen molar-refractivity contribution in [3.05, 3.63) is 90.0 Å². The lowest BCUT2D eigenvalue weighted by Crippen LogP contribution is -1.97. The molecule has 4 aromatic carbocycles. The number of hydrogen-bond acceptors (Lipinski definition) is 6. The second-order valence-corrected chi connectivity index (χ2v) is 8.01. The van der Waals surface area contributed by atoms with E-state index in [1.807, 2.05) is 60.7 Å². The van der Waals surface area contributed by atoms with Gasteiger partial charge in [-0.25, -0.2) is 0 Å². The van der Waals surface area contributed by atoms with E-state index < -0.39 is 0 Å². The highest BCUT2D eigenvalue weighted by atomic mass is 32.1. The summed E-state index contributed by atoms with van der Waals surface area (Å²) >= 11 is 4.31. The molecule has 0 saturated heterocycles.